The fourth-order valence-corrected chi connectivity index (χ4v) is 2.76. The van der Waals surface area contributed by atoms with Crippen LogP contribution in [0.1, 0.15) is 0 Å². The Bertz CT molecular complexity index is 841. The zero-order chi connectivity index (χ0) is 17.2. The summed E-state index contributed by atoms with van der Waals surface area (Å²) in [6.07, 6.45) is 1.61. The lowest BCUT2D eigenvalue weighted by molar-refractivity contribution is 0.311. The molecule has 3 aromatic heterocycles. The van der Waals surface area contributed by atoms with Crippen LogP contribution < -0.4 is 10.2 Å². The molecule has 0 saturated carbocycles. The Labute approximate surface area is 149 Å². The summed E-state index contributed by atoms with van der Waals surface area (Å²) in [6.45, 7) is 3.61. The largest absolute Gasteiger partial charge is 0.463 e. The van der Waals surface area contributed by atoms with E-state index in [1.807, 2.05) is 18.2 Å². The van der Waals surface area contributed by atoms with E-state index in [0.717, 1.165) is 31.9 Å². The summed E-state index contributed by atoms with van der Waals surface area (Å²) in [6, 6.07) is 5.48. The second kappa shape index (κ2) is 6.69. The van der Waals surface area contributed by atoms with Gasteiger partial charge in [0.15, 0.2) is 11.6 Å². The third-order valence-electron chi connectivity index (χ3n) is 3.99. The number of rotatable bonds is 4. The van der Waals surface area contributed by atoms with Crippen molar-refractivity contribution in [3.63, 3.8) is 0 Å². The molecule has 0 bridgehead atoms. The van der Waals surface area contributed by atoms with Crippen LogP contribution in [-0.4, -0.2) is 63.3 Å². The van der Waals surface area contributed by atoms with Crippen LogP contribution in [0.15, 0.2) is 28.9 Å². The predicted molar refractivity (Wildman–Crippen MR) is 94.1 cm³/mol. The first-order valence-corrected chi connectivity index (χ1v) is 8.26. The van der Waals surface area contributed by atoms with Crippen LogP contribution in [0.5, 0.6) is 0 Å². The van der Waals surface area contributed by atoms with Crippen molar-refractivity contribution in [2.45, 2.75) is 0 Å². The maximum Gasteiger partial charge on any atom is 0.234 e. The van der Waals surface area contributed by atoms with Gasteiger partial charge in [0.25, 0.3) is 0 Å². The van der Waals surface area contributed by atoms with Crippen LogP contribution in [0.3, 0.4) is 0 Å². The zero-order valence-corrected chi connectivity index (χ0v) is 14.4. The Morgan fingerprint density at radius 1 is 1.20 bits per heavy atom. The van der Waals surface area contributed by atoms with Crippen molar-refractivity contribution >= 4 is 29.3 Å². The van der Waals surface area contributed by atoms with Gasteiger partial charge in [-0.15, -0.1) is 0 Å². The summed E-state index contributed by atoms with van der Waals surface area (Å²) < 4.78 is 5.34. The Balaban J connectivity index is 1.52. The minimum Gasteiger partial charge on any atom is -0.463 e. The minimum absolute atomic E-state index is 0.147. The third kappa shape index (κ3) is 3.57. The van der Waals surface area contributed by atoms with Crippen LogP contribution in [0.25, 0.3) is 11.5 Å². The Kier molecular flexibility index (Phi) is 4.24. The number of likely N-dealkylation sites (N-methyl/N-ethyl adjacent to an activating group) is 1. The highest BCUT2D eigenvalue weighted by Crippen LogP contribution is 2.22. The van der Waals surface area contributed by atoms with Crippen molar-refractivity contribution in [3.8, 4) is 11.5 Å². The SMILES string of the molecule is CN1CCN(c2nc(Cl)nc(Nc3cc(-c4ccco4)[nH]n3)n2)CC1. The number of piperazine rings is 1. The van der Waals surface area contributed by atoms with Crippen LogP contribution in [0, 0.1) is 0 Å². The van der Waals surface area contributed by atoms with Gasteiger partial charge in [-0.25, -0.2) is 0 Å². The molecule has 10 heteroatoms. The average molecular weight is 361 g/mol. The van der Waals surface area contributed by atoms with E-state index in [9.17, 15) is 0 Å². The standard InChI is InChI=1S/C15H17ClN8O/c1-23-4-6-24(7-5-23)15-19-13(16)18-14(20-15)17-12-9-10(21-22-12)11-3-2-8-25-11/h2-3,8-9H,4-7H2,1H3,(H2,17,18,19,20,21,22). The third-order valence-corrected chi connectivity index (χ3v) is 4.16. The number of hydrogen-bond donors (Lipinski definition) is 2. The van der Waals surface area contributed by atoms with E-state index in [0.29, 0.717) is 23.5 Å². The van der Waals surface area contributed by atoms with Crippen LogP contribution in [0.4, 0.5) is 17.7 Å². The zero-order valence-electron chi connectivity index (χ0n) is 13.6. The molecule has 4 rings (SSSR count). The van der Waals surface area contributed by atoms with Crippen molar-refractivity contribution in [3.05, 3.63) is 29.7 Å². The number of furan rings is 1. The van der Waals surface area contributed by atoms with Gasteiger partial charge in [-0.1, -0.05) is 0 Å². The summed E-state index contributed by atoms with van der Waals surface area (Å²) >= 11 is 6.07. The van der Waals surface area contributed by atoms with Gasteiger partial charge in [0, 0.05) is 32.2 Å². The molecule has 1 aliphatic rings. The molecule has 1 aliphatic heterocycles. The summed E-state index contributed by atoms with van der Waals surface area (Å²) in [7, 11) is 2.10. The van der Waals surface area contributed by atoms with Crippen molar-refractivity contribution in [2.24, 2.45) is 0 Å². The Hall–Kier alpha value is -2.65. The summed E-state index contributed by atoms with van der Waals surface area (Å²) in [5.41, 5.74) is 0.756. The van der Waals surface area contributed by atoms with E-state index < -0.39 is 0 Å². The van der Waals surface area contributed by atoms with E-state index in [4.69, 9.17) is 16.0 Å². The molecule has 9 nitrogen and oxygen atoms in total. The van der Waals surface area contributed by atoms with Gasteiger partial charge >= 0.3 is 0 Å². The molecule has 3 aromatic rings. The topological polar surface area (TPSA) is 99.0 Å². The quantitative estimate of drug-likeness (QED) is 0.729. The number of aromatic amines is 1. The summed E-state index contributed by atoms with van der Waals surface area (Å²) in [5.74, 6) is 2.19. The van der Waals surface area contributed by atoms with Crippen LogP contribution in [-0.2, 0) is 0 Å². The van der Waals surface area contributed by atoms with Crippen LogP contribution >= 0.6 is 11.6 Å². The lowest BCUT2D eigenvalue weighted by Crippen LogP contribution is -2.45. The number of halogens is 1. The Morgan fingerprint density at radius 3 is 2.80 bits per heavy atom. The normalized spacial score (nSPS) is 15.5. The highest BCUT2D eigenvalue weighted by molar-refractivity contribution is 6.28. The molecular weight excluding hydrogens is 344 g/mol. The lowest BCUT2D eigenvalue weighted by atomic mass is 10.3. The maximum absolute atomic E-state index is 6.07. The maximum atomic E-state index is 6.07. The number of hydrogen-bond acceptors (Lipinski definition) is 8. The molecule has 25 heavy (non-hydrogen) atoms. The van der Waals surface area contributed by atoms with Gasteiger partial charge in [-0.2, -0.15) is 20.1 Å². The second-order valence-electron chi connectivity index (χ2n) is 5.79. The first-order valence-electron chi connectivity index (χ1n) is 7.89. The monoisotopic (exact) mass is 360 g/mol. The van der Waals surface area contributed by atoms with Gasteiger partial charge in [0.2, 0.25) is 17.2 Å². The number of anilines is 3. The Morgan fingerprint density at radius 2 is 2.04 bits per heavy atom. The van der Waals surface area contributed by atoms with Gasteiger partial charge in [0.05, 0.1) is 6.26 Å². The number of aromatic nitrogens is 5. The van der Waals surface area contributed by atoms with Crippen molar-refractivity contribution < 1.29 is 4.42 Å². The summed E-state index contributed by atoms with van der Waals surface area (Å²) in [5, 5.41) is 10.3. The molecule has 0 radical (unpaired) electrons. The molecule has 0 amide bonds. The van der Waals surface area contributed by atoms with Crippen LogP contribution in [0.2, 0.25) is 5.28 Å². The molecule has 4 heterocycles. The fourth-order valence-electron chi connectivity index (χ4n) is 2.60. The molecule has 1 fully saturated rings. The first kappa shape index (κ1) is 15.9. The van der Waals surface area contributed by atoms with E-state index >= 15 is 0 Å². The molecular formula is C15H17ClN8O. The fraction of sp³-hybridized carbons (Fsp3) is 0.333. The van der Waals surface area contributed by atoms with Gasteiger partial charge < -0.3 is 19.5 Å². The lowest BCUT2D eigenvalue weighted by Gasteiger charge is -2.32. The molecule has 0 atom stereocenters. The smallest absolute Gasteiger partial charge is 0.234 e. The molecule has 0 unspecified atom stereocenters. The highest BCUT2D eigenvalue weighted by atomic mass is 35.5. The van der Waals surface area contributed by atoms with Gasteiger partial charge in [0.1, 0.15) is 5.69 Å². The molecule has 1 saturated heterocycles. The molecule has 130 valence electrons. The highest BCUT2D eigenvalue weighted by Gasteiger charge is 2.18. The van der Waals surface area contributed by atoms with Crippen molar-refractivity contribution in [1.82, 2.24) is 30.0 Å². The van der Waals surface area contributed by atoms with Crippen molar-refractivity contribution in [2.75, 3.05) is 43.4 Å². The van der Waals surface area contributed by atoms with Gasteiger partial charge in [-0.3, -0.25) is 5.10 Å². The average Bonchev–Trinajstić information content (AvgIpc) is 3.26. The molecule has 0 spiro atoms. The molecule has 0 aromatic carbocycles. The number of nitrogens with zero attached hydrogens (tertiary/aromatic N) is 6. The second-order valence-corrected chi connectivity index (χ2v) is 6.13. The van der Waals surface area contributed by atoms with Crippen molar-refractivity contribution in [1.29, 1.82) is 0 Å². The molecule has 0 aliphatic carbocycles. The minimum atomic E-state index is 0.147. The summed E-state index contributed by atoms with van der Waals surface area (Å²) in [4.78, 5) is 17.2. The first-order chi connectivity index (χ1) is 12.2. The van der Waals surface area contributed by atoms with E-state index in [2.05, 4.69) is 47.3 Å². The number of nitrogens with one attached hydrogen (secondary N) is 2. The number of H-pyrrole nitrogens is 1. The van der Waals surface area contributed by atoms with E-state index in [1.165, 1.54) is 0 Å². The predicted octanol–water partition coefficient (Wildman–Crippen LogP) is 2.00. The van der Waals surface area contributed by atoms with Gasteiger partial charge in [-0.05, 0) is 30.8 Å². The molecule has 2 N–H and O–H groups in total. The van der Waals surface area contributed by atoms with E-state index in [-0.39, 0.29) is 5.28 Å². The van der Waals surface area contributed by atoms with E-state index in [1.54, 1.807) is 6.26 Å².